The third-order valence-corrected chi connectivity index (χ3v) is 4.93. The van der Waals surface area contributed by atoms with Crippen LogP contribution >= 0.6 is 0 Å². The molecule has 0 bridgehead atoms. The number of ether oxygens (including phenoxy) is 1. The number of pyridine rings is 1. The molecule has 1 aromatic carbocycles. The third-order valence-electron chi connectivity index (χ3n) is 4.93. The Labute approximate surface area is 162 Å². The Morgan fingerprint density at radius 2 is 2.25 bits per heavy atom. The topological polar surface area (TPSA) is 70.2 Å². The third kappa shape index (κ3) is 3.69. The van der Waals surface area contributed by atoms with E-state index in [2.05, 4.69) is 27.4 Å². The summed E-state index contributed by atoms with van der Waals surface area (Å²) in [5.41, 5.74) is 3.94. The summed E-state index contributed by atoms with van der Waals surface area (Å²) in [4.78, 5) is 21.7. The number of H-pyrrole nitrogens is 1. The molecule has 2 N–H and O–H groups in total. The molecule has 28 heavy (non-hydrogen) atoms. The number of urea groups is 1. The van der Waals surface area contributed by atoms with E-state index in [9.17, 15) is 9.18 Å². The van der Waals surface area contributed by atoms with Crippen LogP contribution in [-0.2, 0) is 6.54 Å². The lowest BCUT2D eigenvalue weighted by atomic mass is 10.0. The van der Waals surface area contributed by atoms with Gasteiger partial charge in [0.2, 0.25) is 0 Å². The van der Waals surface area contributed by atoms with Gasteiger partial charge in [0.15, 0.2) is 11.6 Å². The second-order valence-electron chi connectivity index (χ2n) is 6.69. The molecular weight excluding hydrogens is 359 g/mol. The van der Waals surface area contributed by atoms with Crippen molar-refractivity contribution >= 4 is 22.6 Å². The Bertz CT molecular complexity index is 1040. The molecule has 0 saturated heterocycles. The van der Waals surface area contributed by atoms with Crippen molar-refractivity contribution < 1.29 is 13.9 Å². The van der Waals surface area contributed by atoms with Crippen LogP contribution in [0.3, 0.4) is 0 Å². The monoisotopic (exact) mass is 380 g/mol. The molecule has 1 aliphatic heterocycles. The number of nitrogens with zero attached hydrogens (tertiary/aromatic N) is 2. The summed E-state index contributed by atoms with van der Waals surface area (Å²) in [5.74, 6) is -0.246. The number of amides is 2. The first-order valence-electron chi connectivity index (χ1n) is 9.12. The average molecular weight is 380 g/mol. The summed E-state index contributed by atoms with van der Waals surface area (Å²) in [7, 11) is 1.42. The van der Waals surface area contributed by atoms with E-state index in [1.165, 1.54) is 18.7 Å². The Morgan fingerprint density at radius 1 is 1.36 bits per heavy atom. The van der Waals surface area contributed by atoms with Crippen LogP contribution in [0.2, 0.25) is 0 Å². The van der Waals surface area contributed by atoms with Crippen LogP contribution in [0.1, 0.15) is 17.5 Å². The summed E-state index contributed by atoms with van der Waals surface area (Å²) in [6.45, 7) is 1.49. The van der Waals surface area contributed by atoms with Crippen molar-refractivity contribution in [2.45, 2.75) is 13.0 Å². The summed E-state index contributed by atoms with van der Waals surface area (Å²) in [5, 5.41) is 3.96. The number of carbonyl (C=O) groups is 1. The van der Waals surface area contributed by atoms with E-state index in [0.29, 0.717) is 19.6 Å². The number of rotatable bonds is 4. The number of hydrogen-bond acceptors (Lipinski definition) is 3. The van der Waals surface area contributed by atoms with Gasteiger partial charge in [0.05, 0.1) is 7.11 Å². The molecule has 7 heteroatoms. The lowest BCUT2D eigenvalue weighted by Crippen LogP contribution is -2.41. The van der Waals surface area contributed by atoms with Crippen molar-refractivity contribution in [3.8, 4) is 5.75 Å². The SMILES string of the molecule is COc1cc(CNC(=O)N2CC=C(c3cnc4[nH]ccc4c3)CC2)ccc1F. The van der Waals surface area contributed by atoms with Gasteiger partial charge in [0.1, 0.15) is 5.65 Å². The zero-order valence-corrected chi connectivity index (χ0v) is 15.5. The second-order valence-corrected chi connectivity index (χ2v) is 6.69. The minimum absolute atomic E-state index is 0.141. The summed E-state index contributed by atoms with van der Waals surface area (Å²) < 4.78 is 18.4. The fourth-order valence-corrected chi connectivity index (χ4v) is 3.33. The van der Waals surface area contributed by atoms with E-state index < -0.39 is 5.82 Å². The van der Waals surface area contributed by atoms with E-state index in [0.717, 1.165) is 28.6 Å². The van der Waals surface area contributed by atoms with Crippen molar-refractivity contribution in [1.82, 2.24) is 20.2 Å². The molecule has 2 aromatic heterocycles. The average Bonchev–Trinajstić information content (AvgIpc) is 3.21. The fraction of sp³-hybridized carbons (Fsp3) is 0.238. The first-order chi connectivity index (χ1) is 13.6. The standard InChI is InChI=1S/C21H21FN4O2/c1-28-19-10-14(2-3-18(19)22)12-25-21(27)26-8-5-15(6-9-26)17-11-16-4-7-23-20(16)24-13-17/h2-5,7,10-11,13H,6,8-9,12H2,1H3,(H,23,24)(H,25,27). The number of aromatic amines is 1. The molecule has 0 radical (unpaired) electrons. The molecule has 4 rings (SSSR count). The summed E-state index contributed by atoms with van der Waals surface area (Å²) in [6.07, 6.45) is 6.58. The minimum Gasteiger partial charge on any atom is -0.494 e. The number of carbonyl (C=O) groups excluding carboxylic acids is 1. The number of nitrogens with one attached hydrogen (secondary N) is 2. The second kappa shape index (κ2) is 7.72. The molecule has 0 atom stereocenters. The number of benzene rings is 1. The van der Waals surface area contributed by atoms with Gasteiger partial charge in [0.25, 0.3) is 0 Å². The van der Waals surface area contributed by atoms with Crippen molar-refractivity contribution in [3.63, 3.8) is 0 Å². The summed E-state index contributed by atoms with van der Waals surface area (Å²) in [6, 6.07) is 8.54. The maximum atomic E-state index is 13.5. The molecular formula is C21H21FN4O2. The van der Waals surface area contributed by atoms with E-state index in [1.54, 1.807) is 17.0 Å². The van der Waals surface area contributed by atoms with Crippen LogP contribution < -0.4 is 10.1 Å². The number of fused-ring (bicyclic) bond motifs is 1. The highest BCUT2D eigenvalue weighted by Gasteiger charge is 2.18. The maximum absolute atomic E-state index is 13.5. The highest BCUT2D eigenvalue weighted by Crippen LogP contribution is 2.24. The van der Waals surface area contributed by atoms with E-state index in [1.807, 2.05) is 18.5 Å². The van der Waals surface area contributed by atoms with E-state index in [-0.39, 0.29) is 11.8 Å². The Balaban J connectivity index is 1.36. The van der Waals surface area contributed by atoms with Gasteiger partial charge in [-0.1, -0.05) is 12.1 Å². The van der Waals surface area contributed by atoms with Crippen LogP contribution in [0.4, 0.5) is 9.18 Å². The highest BCUT2D eigenvalue weighted by molar-refractivity contribution is 5.81. The molecule has 0 unspecified atom stereocenters. The Morgan fingerprint density at radius 3 is 3.04 bits per heavy atom. The number of halogens is 1. The zero-order chi connectivity index (χ0) is 19.5. The number of methoxy groups -OCH3 is 1. The molecule has 0 saturated carbocycles. The van der Waals surface area contributed by atoms with Gasteiger partial charge in [-0.15, -0.1) is 0 Å². The van der Waals surface area contributed by atoms with Crippen molar-refractivity contribution in [1.29, 1.82) is 0 Å². The lowest BCUT2D eigenvalue weighted by Gasteiger charge is -2.27. The highest BCUT2D eigenvalue weighted by atomic mass is 19.1. The fourth-order valence-electron chi connectivity index (χ4n) is 3.33. The van der Waals surface area contributed by atoms with Crippen molar-refractivity contribution in [2.24, 2.45) is 0 Å². The first-order valence-corrected chi connectivity index (χ1v) is 9.12. The molecule has 0 aliphatic carbocycles. The van der Waals surface area contributed by atoms with Crippen LogP contribution in [0, 0.1) is 5.82 Å². The molecule has 2 amide bonds. The van der Waals surface area contributed by atoms with E-state index >= 15 is 0 Å². The van der Waals surface area contributed by atoms with Gasteiger partial charge >= 0.3 is 6.03 Å². The van der Waals surface area contributed by atoms with Gasteiger partial charge in [-0.05, 0) is 47.4 Å². The van der Waals surface area contributed by atoms with Crippen LogP contribution in [-0.4, -0.2) is 41.1 Å². The molecule has 0 fully saturated rings. The molecule has 3 heterocycles. The first kappa shape index (κ1) is 18.0. The van der Waals surface area contributed by atoms with Crippen LogP contribution in [0.15, 0.2) is 48.8 Å². The molecule has 6 nitrogen and oxygen atoms in total. The normalized spacial score (nSPS) is 14.1. The largest absolute Gasteiger partial charge is 0.494 e. The van der Waals surface area contributed by atoms with Gasteiger partial charge in [0, 0.05) is 37.4 Å². The maximum Gasteiger partial charge on any atom is 0.317 e. The number of aromatic nitrogens is 2. The van der Waals surface area contributed by atoms with Crippen LogP contribution in [0.25, 0.3) is 16.6 Å². The predicted molar refractivity (Wildman–Crippen MR) is 105 cm³/mol. The summed E-state index contributed by atoms with van der Waals surface area (Å²) >= 11 is 0. The molecule has 0 spiro atoms. The quantitative estimate of drug-likeness (QED) is 0.725. The predicted octanol–water partition coefficient (Wildman–Crippen LogP) is 3.71. The van der Waals surface area contributed by atoms with Gasteiger partial charge in [-0.2, -0.15) is 0 Å². The minimum atomic E-state index is -0.418. The Hall–Kier alpha value is -3.35. The Kier molecular flexibility index (Phi) is 4.97. The van der Waals surface area contributed by atoms with Gasteiger partial charge < -0.3 is 19.9 Å². The molecule has 1 aliphatic rings. The van der Waals surface area contributed by atoms with Crippen molar-refractivity contribution in [2.75, 3.05) is 20.2 Å². The smallest absolute Gasteiger partial charge is 0.317 e. The van der Waals surface area contributed by atoms with Gasteiger partial charge in [-0.3, -0.25) is 0 Å². The number of hydrogen-bond donors (Lipinski definition) is 2. The van der Waals surface area contributed by atoms with Gasteiger partial charge in [-0.25, -0.2) is 14.2 Å². The molecule has 3 aromatic rings. The lowest BCUT2D eigenvalue weighted by molar-refractivity contribution is 0.202. The van der Waals surface area contributed by atoms with E-state index in [4.69, 9.17) is 4.74 Å². The molecule has 144 valence electrons. The van der Waals surface area contributed by atoms with Crippen molar-refractivity contribution in [3.05, 3.63) is 65.7 Å². The van der Waals surface area contributed by atoms with Crippen LogP contribution in [0.5, 0.6) is 5.75 Å². The zero-order valence-electron chi connectivity index (χ0n) is 15.5.